The van der Waals surface area contributed by atoms with E-state index in [0.717, 1.165) is 35.2 Å². The topological polar surface area (TPSA) is 52.6 Å². The first-order chi connectivity index (χ1) is 18.5. The van der Waals surface area contributed by atoms with Crippen LogP contribution in [-0.4, -0.2) is 60.0 Å². The predicted molar refractivity (Wildman–Crippen MR) is 152 cm³/mol. The molecule has 0 atom stereocenters. The summed E-state index contributed by atoms with van der Waals surface area (Å²) in [5.74, 6) is 1.25. The van der Waals surface area contributed by atoms with Gasteiger partial charge in [-0.15, -0.1) is 0 Å². The molecule has 3 aromatic carbocycles. The number of nitrogens with zero attached hydrogens (tertiary/aromatic N) is 5. The Bertz CT molecular complexity index is 1420. The molecule has 1 aliphatic heterocycles. The summed E-state index contributed by atoms with van der Waals surface area (Å²) in [6.07, 6.45) is 1.29. The second-order valence-electron chi connectivity index (χ2n) is 9.42. The molecule has 8 heteroatoms. The van der Waals surface area contributed by atoms with Gasteiger partial charge in [-0.2, -0.15) is 0 Å². The molecule has 0 saturated carbocycles. The molecular weight excluding hydrogens is 501 g/mol. The summed E-state index contributed by atoms with van der Waals surface area (Å²) >= 11 is 6.48. The van der Waals surface area contributed by atoms with E-state index in [4.69, 9.17) is 21.6 Å². The monoisotopic (exact) mass is 531 g/mol. The fraction of sp³-hybridized carbons (Fsp3) is 0.300. The highest BCUT2D eigenvalue weighted by Gasteiger charge is 2.24. The molecule has 0 bridgehead atoms. The van der Waals surface area contributed by atoms with Gasteiger partial charge >= 0.3 is 0 Å². The Labute approximate surface area is 227 Å². The largest absolute Gasteiger partial charge is 0.366 e. The van der Waals surface area contributed by atoms with Gasteiger partial charge in [0.2, 0.25) is 5.91 Å². The Balaban J connectivity index is 1.32. The minimum absolute atomic E-state index is 0.101. The van der Waals surface area contributed by atoms with Crippen molar-refractivity contribution in [2.75, 3.05) is 49.1 Å². The van der Waals surface area contributed by atoms with Gasteiger partial charge in [0, 0.05) is 56.6 Å². The van der Waals surface area contributed by atoms with E-state index >= 15 is 0 Å². The average molecular weight is 532 g/mol. The van der Waals surface area contributed by atoms with Gasteiger partial charge in [0.25, 0.3) is 0 Å². The van der Waals surface area contributed by atoms with E-state index in [2.05, 4.69) is 11.8 Å². The zero-order chi connectivity index (χ0) is 26.5. The number of aromatic nitrogens is 2. The van der Waals surface area contributed by atoms with Gasteiger partial charge in [-0.1, -0.05) is 54.9 Å². The molecule has 38 heavy (non-hydrogen) atoms. The van der Waals surface area contributed by atoms with Crippen LogP contribution in [0.3, 0.4) is 0 Å². The van der Waals surface area contributed by atoms with Crippen LogP contribution in [0, 0.1) is 5.82 Å². The smallest absolute Gasteiger partial charge is 0.224 e. The molecule has 1 amide bonds. The van der Waals surface area contributed by atoms with Gasteiger partial charge < -0.3 is 14.7 Å². The Morgan fingerprint density at radius 3 is 2.39 bits per heavy atom. The van der Waals surface area contributed by atoms with E-state index < -0.39 is 0 Å². The molecule has 1 aromatic heterocycles. The minimum atomic E-state index is -0.226. The SMILES string of the molecule is CCCN(CCC(=O)N1CCN(c2ccccc2F)CC1)c1nc(-c2ccccc2Cl)nc2ccccc12. The Morgan fingerprint density at radius 2 is 1.63 bits per heavy atom. The van der Waals surface area contributed by atoms with Gasteiger partial charge in [-0.05, 0) is 42.8 Å². The number of para-hydroxylation sites is 2. The van der Waals surface area contributed by atoms with Crippen LogP contribution in [-0.2, 0) is 4.79 Å². The maximum Gasteiger partial charge on any atom is 0.224 e. The van der Waals surface area contributed by atoms with Crippen LogP contribution in [0.1, 0.15) is 19.8 Å². The summed E-state index contributed by atoms with van der Waals surface area (Å²) in [6, 6.07) is 22.3. The molecule has 2 heterocycles. The number of benzene rings is 3. The van der Waals surface area contributed by atoms with Crippen LogP contribution in [0.25, 0.3) is 22.3 Å². The molecule has 1 saturated heterocycles. The first kappa shape index (κ1) is 25.9. The molecule has 0 unspecified atom stereocenters. The summed E-state index contributed by atoms with van der Waals surface area (Å²) in [5.41, 5.74) is 2.21. The molecule has 0 N–H and O–H groups in total. The highest BCUT2D eigenvalue weighted by atomic mass is 35.5. The zero-order valence-corrected chi connectivity index (χ0v) is 22.2. The summed E-state index contributed by atoms with van der Waals surface area (Å²) < 4.78 is 14.2. The fourth-order valence-corrected chi connectivity index (χ4v) is 5.17. The maximum atomic E-state index is 14.2. The van der Waals surface area contributed by atoms with E-state index in [1.54, 1.807) is 12.1 Å². The van der Waals surface area contributed by atoms with Crippen LogP contribution in [0.15, 0.2) is 72.8 Å². The van der Waals surface area contributed by atoms with E-state index in [1.807, 2.05) is 64.4 Å². The van der Waals surface area contributed by atoms with Gasteiger partial charge in [0.1, 0.15) is 11.6 Å². The minimum Gasteiger partial charge on any atom is -0.366 e. The molecule has 0 radical (unpaired) electrons. The highest BCUT2D eigenvalue weighted by molar-refractivity contribution is 6.33. The van der Waals surface area contributed by atoms with Crippen molar-refractivity contribution < 1.29 is 9.18 Å². The summed E-state index contributed by atoms with van der Waals surface area (Å²) in [4.78, 5) is 29.0. The molecule has 196 valence electrons. The predicted octanol–water partition coefficient (Wildman–Crippen LogP) is 6.04. The van der Waals surface area contributed by atoms with Crippen LogP contribution in [0.2, 0.25) is 5.02 Å². The Kier molecular flexibility index (Phi) is 8.03. The van der Waals surface area contributed by atoms with Crippen molar-refractivity contribution in [2.45, 2.75) is 19.8 Å². The number of carbonyl (C=O) groups is 1. The summed E-state index contributed by atoms with van der Waals surface area (Å²) in [5, 5.41) is 1.54. The van der Waals surface area contributed by atoms with E-state index in [-0.39, 0.29) is 11.7 Å². The highest BCUT2D eigenvalue weighted by Crippen LogP contribution is 2.31. The van der Waals surface area contributed by atoms with Gasteiger partial charge in [0.05, 0.1) is 16.2 Å². The van der Waals surface area contributed by atoms with E-state index in [1.165, 1.54) is 6.07 Å². The summed E-state index contributed by atoms with van der Waals surface area (Å²) in [7, 11) is 0. The van der Waals surface area contributed by atoms with Crippen LogP contribution >= 0.6 is 11.6 Å². The Morgan fingerprint density at radius 1 is 0.921 bits per heavy atom. The van der Waals surface area contributed by atoms with E-state index in [0.29, 0.717) is 55.7 Å². The third-order valence-corrected chi connectivity index (χ3v) is 7.24. The number of rotatable bonds is 8. The second kappa shape index (κ2) is 11.8. The van der Waals surface area contributed by atoms with Crippen molar-refractivity contribution in [3.8, 4) is 11.4 Å². The van der Waals surface area contributed by atoms with Crippen LogP contribution in [0.4, 0.5) is 15.9 Å². The zero-order valence-electron chi connectivity index (χ0n) is 21.5. The molecule has 0 aliphatic carbocycles. The van der Waals surface area contributed by atoms with Gasteiger partial charge in [-0.3, -0.25) is 4.79 Å². The number of piperazine rings is 1. The molecule has 1 fully saturated rings. The number of fused-ring (bicyclic) bond motifs is 1. The average Bonchev–Trinajstić information content (AvgIpc) is 2.95. The lowest BCUT2D eigenvalue weighted by molar-refractivity contribution is -0.131. The normalized spacial score (nSPS) is 13.7. The van der Waals surface area contributed by atoms with Crippen molar-refractivity contribution in [1.29, 1.82) is 0 Å². The first-order valence-electron chi connectivity index (χ1n) is 13.1. The third-order valence-electron chi connectivity index (χ3n) is 6.91. The van der Waals surface area contributed by atoms with Crippen LogP contribution < -0.4 is 9.80 Å². The van der Waals surface area contributed by atoms with Crippen LogP contribution in [0.5, 0.6) is 0 Å². The van der Waals surface area contributed by atoms with E-state index in [9.17, 15) is 9.18 Å². The quantitative estimate of drug-likeness (QED) is 0.277. The number of hydrogen-bond acceptors (Lipinski definition) is 5. The third kappa shape index (κ3) is 5.58. The fourth-order valence-electron chi connectivity index (χ4n) is 4.95. The number of halogens is 2. The molecular formula is C30H31ClFN5O. The lowest BCUT2D eigenvalue weighted by atomic mass is 10.1. The molecule has 0 spiro atoms. The molecule has 1 aliphatic rings. The van der Waals surface area contributed by atoms with Crippen molar-refractivity contribution in [3.05, 3.63) is 83.6 Å². The van der Waals surface area contributed by atoms with Gasteiger partial charge in [-0.25, -0.2) is 14.4 Å². The first-order valence-corrected chi connectivity index (χ1v) is 13.5. The molecule has 6 nitrogen and oxygen atoms in total. The van der Waals surface area contributed by atoms with Crippen molar-refractivity contribution in [3.63, 3.8) is 0 Å². The lowest BCUT2D eigenvalue weighted by Gasteiger charge is -2.36. The van der Waals surface area contributed by atoms with Crippen molar-refractivity contribution in [1.82, 2.24) is 14.9 Å². The summed E-state index contributed by atoms with van der Waals surface area (Å²) in [6.45, 7) is 5.81. The number of amides is 1. The standard InChI is InChI=1S/C30H31ClFN5O/c1-2-16-37(17-15-28(38)36-20-18-35(19-21-36)27-14-8-6-12-25(27)32)30-23-10-4-7-13-26(23)33-29(34-30)22-9-3-5-11-24(22)31/h3-14H,2,15-21H2,1H3. The number of carbonyl (C=O) groups excluding carboxylic acids is 1. The number of hydrogen-bond donors (Lipinski definition) is 0. The Hall–Kier alpha value is -3.71. The lowest BCUT2D eigenvalue weighted by Crippen LogP contribution is -2.49. The maximum absolute atomic E-state index is 14.2. The number of anilines is 2. The molecule has 5 rings (SSSR count). The second-order valence-corrected chi connectivity index (χ2v) is 9.83. The van der Waals surface area contributed by atoms with Crippen molar-refractivity contribution in [2.24, 2.45) is 0 Å². The van der Waals surface area contributed by atoms with Gasteiger partial charge in [0.15, 0.2) is 5.82 Å². The molecule has 4 aromatic rings. The van der Waals surface area contributed by atoms with Crippen molar-refractivity contribution >= 4 is 39.9 Å².